The van der Waals surface area contributed by atoms with Gasteiger partial charge in [0.2, 0.25) is 0 Å². The van der Waals surface area contributed by atoms with E-state index in [9.17, 15) is 0 Å². The molecular formula is C15H28N4S. The number of aromatic nitrogens is 2. The summed E-state index contributed by atoms with van der Waals surface area (Å²) >= 11 is 1.86. The van der Waals surface area contributed by atoms with Crippen LogP contribution >= 0.6 is 11.8 Å². The van der Waals surface area contributed by atoms with E-state index in [1.807, 2.05) is 11.8 Å². The summed E-state index contributed by atoms with van der Waals surface area (Å²) in [4.78, 5) is 9.31. The van der Waals surface area contributed by atoms with E-state index in [1.165, 1.54) is 0 Å². The second-order valence-corrected chi connectivity index (χ2v) is 6.34. The maximum absolute atomic E-state index is 4.67. The molecule has 114 valence electrons. The molecule has 2 N–H and O–H groups in total. The first-order valence-corrected chi connectivity index (χ1v) is 8.79. The standard InChI is InChI=1S/C15H28N4S/c1-6-8-13-18-14(16-9-7-2)12(4)15(19-13)17-10-11(3)20-5/h11H,6-10H2,1-5H3,(H2,16,17,18,19). The lowest BCUT2D eigenvalue weighted by Gasteiger charge is -2.16. The van der Waals surface area contributed by atoms with E-state index in [4.69, 9.17) is 0 Å². The largest absolute Gasteiger partial charge is 0.370 e. The number of hydrogen-bond acceptors (Lipinski definition) is 5. The molecule has 0 saturated carbocycles. The van der Waals surface area contributed by atoms with Crippen molar-refractivity contribution < 1.29 is 0 Å². The van der Waals surface area contributed by atoms with Crippen LogP contribution in [0.1, 0.15) is 45.0 Å². The fourth-order valence-electron chi connectivity index (χ4n) is 1.81. The van der Waals surface area contributed by atoms with Gasteiger partial charge in [-0.3, -0.25) is 0 Å². The predicted octanol–water partition coefficient (Wildman–Crippen LogP) is 3.72. The van der Waals surface area contributed by atoms with Crippen molar-refractivity contribution >= 4 is 23.4 Å². The summed E-state index contributed by atoms with van der Waals surface area (Å²) in [5.74, 6) is 2.88. The van der Waals surface area contributed by atoms with Gasteiger partial charge in [-0.05, 0) is 26.0 Å². The molecule has 0 fully saturated rings. The molecule has 0 spiro atoms. The summed E-state index contributed by atoms with van der Waals surface area (Å²) < 4.78 is 0. The van der Waals surface area contributed by atoms with Crippen molar-refractivity contribution in [3.05, 3.63) is 11.4 Å². The molecule has 0 aliphatic carbocycles. The zero-order valence-electron chi connectivity index (χ0n) is 13.4. The van der Waals surface area contributed by atoms with E-state index >= 15 is 0 Å². The molecule has 1 aromatic rings. The molecule has 1 unspecified atom stereocenters. The van der Waals surface area contributed by atoms with Gasteiger partial charge in [0.1, 0.15) is 17.5 Å². The van der Waals surface area contributed by atoms with Crippen LogP contribution in [0.15, 0.2) is 0 Å². The normalized spacial score (nSPS) is 12.2. The smallest absolute Gasteiger partial charge is 0.134 e. The highest BCUT2D eigenvalue weighted by Gasteiger charge is 2.11. The third kappa shape index (κ3) is 5.19. The van der Waals surface area contributed by atoms with Gasteiger partial charge < -0.3 is 10.6 Å². The van der Waals surface area contributed by atoms with Crippen molar-refractivity contribution in [3.63, 3.8) is 0 Å². The quantitative estimate of drug-likeness (QED) is 0.727. The van der Waals surface area contributed by atoms with Crippen LogP contribution in [-0.4, -0.2) is 34.6 Å². The summed E-state index contributed by atoms with van der Waals surface area (Å²) in [6.07, 6.45) is 5.22. The fraction of sp³-hybridized carbons (Fsp3) is 0.733. The molecule has 0 aliphatic heterocycles. The lowest BCUT2D eigenvalue weighted by molar-refractivity contribution is 0.826. The minimum Gasteiger partial charge on any atom is -0.370 e. The molecule has 1 heterocycles. The molecule has 0 aromatic carbocycles. The Hall–Kier alpha value is -0.970. The van der Waals surface area contributed by atoms with Crippen LogP contribution in [-0.2, 0) is 6.42 Å². The van der Waals surface area contributed by atoms with Gasteiger partial charge in [-0.1, -0.05) is 20.8 Å². The Morgan fingerprint density at radius 1 is 1.10 bits per heavy atom. The molecular weight excluding hydrogens is 268 g/mol. The fourth-order valence-corrected chi connectivity index (χ4v) is 2.06. The lowest BCUT2D eigenvalue weighted by atomic mass is 10.2. The highest BCUT2D eigenvalue weighted by atomic mass is 32.2. The van der Waals surface area contributed by atoms with Gasteiger partial charge in [0, 0.05) is 30.3 Å². The zero-order valence-corrected chi connectivity index (χ0v) is 14.2. The molecule has 1 aromatic heterocycles. The molecule has 5 heteroatoms. The predicted molar refractivity (Wildman–Crippen MR) is 91.0 cm³/mol. The van der Waals surface area contributed by atoms with Crippen LogP contribution in [0.25, 0.3) is 0 Å². The van der Waals surface area contributed by atoms with E-state index < -0.39 is 0 Å². The van der Waals surface area contributed by atoms with Crippen molar-refractivity contribution in [2.24, 2.45) is 0 Å². The Morgan fingerprint density at radius 2 is 1.75 bits per heavy atom. The molecule has 0 saturated heterocycles. The van der Waals surface area contributed by atoms with E-state index in [2.05, 4.69) is 54.6 Å². The van der Waals surface area contributed by atoms with Crippen LogP contribution in [0.5, 0.6) is 0 Å². The zero-order chi connectivity index (χ0) is 15.0. The summed E-state index contributed by atoms with van der Waals surface area (Å²) in [6.45, 7) is 10.5. The topological polar surface area (TPSA) is 49.8 Å². The highest BCUT2D eigenvalue weighted by Crippen LogP contribution is 2.21. The van der Waals surface area contributed by atoms with E-state index in [-0.39, 0.29) is 0 Å². The number of aryl methyl sites for hydroxylation is 1. The summed E-state index contributed by atoms with van der Waals surface area (Å²) in [7, 11) is 0. The van der Waals surface area contributed by atoms with Crippen molar-refractivity contribution in [1.29, 1.82) is 0 Å². The van der Waals surface area contributed by atoms with Crippen LogP contribution in [0, 0.1) is 6.92 Å². The van der Waals surface area contributed by atoms with Gasteiger partial charge in [-0.2, -0.15) is 11.8 Å². The minimum absolute atomic E-state index is 0.575. The van der Waals surface area contributed by atoms with Crippen LogP contribution in [0.4, 0.5) is 11.6 Å². The SMILES string of the molecule is CCCNc1nc(CCC)nc(NCC(C)SC)c1C. The van der Waals surface area contributed by atoms with Gasteiger partial charge in [0.15, 0.2) is 0 Å². The van der Waals surface area contributed by atoms with E-state index in [0.717, 1.165) is 55.4 Å². The molecule has 0 bridgehead atoms. The maximum Gasteiger partial charge on any atom is 0.134 e. The van der Waals surface area contributed by atoms with Crippen molar-refractivity contribution in [3.8, 4) is 0 Å². The summed E-state index contributed by atoms with van der Waals surface area (Å²) in [5.41, 5.74) is 1.12. The number of rotatable bonds is 9. The van der Waals surface area contributed by atoms with Crippen molar-refractivity contribution in [2.45, 2.75) is 52.2 Å². The number of nitrogens with zero attached hydrogens (tertiary/aromatic N) is 2. The van der Waals surface area contributed by atoms with Crippen molar-refractivity contribution in [1.82, 2.24) is 9.97 Å². The molecule has 1 rings (SSSR count). The number of hydrogen-bond donors (Lipinski definition) is 2. The highest BCUT2D eigenvalue weighted by molar-refractivity contribution is 7.99. The van der Waals surface area contributed by atoms with Crippen LogP contribution < -0.4 is 10.6 Å². The minimum atomic E-state index is 0.575. The first-order valence-electron chi connectivity index (χ1n) is 7.50. The molecule has 4 nitrogen and oxygen atoms in total. The molecule has 20 heavy (non-hydrogen) atoms. The Morgan fingerprint density at radius 3 is 2.30 bits per heavy atom. The number of anilines is 2. The van der Waals surface area contributed by atoms with Crippen LogP contribution in [0.3, 0.4) is 0 Å². The van der Waals surface area contributed by atoms with Crippen LogP contribution in [0.2, 0.25) is 0 Å². The van der Waals surface area contributed by atoms with Gasteiger partial charge >= 0.3 is 0 Å². The molecule has 0 amide bonds. The second kappa shape index (κ2) is 9.06. The summed E-state index contributed by atoms with van der Waals surface area (Å²) in [6, 6.07) is 0. The third-order valence-corrected chi connectivity index (χ3v) is 4.14. The Kier molecular flexibility index (Phi) is 7.73. The van der Waals surface area contributed by atoms with Gasteiger partial charge in [0.25, 0.3) is 0 Å². The monoisotopic (exact) mass is 296 g/mol. The number of nitrogens with one attached hydrogen (secondary N) is 2. The maximum atomic E-state index is 4.67. The molecule has 0 aliphatic rings. The van der Waals surface area contributed by atoms with E-state index in [0.29, 0.717) is 5.25 Å². The van der Waals surface area contributed by atoms with Gasteiger partial charge in [-0.15, -0.1) is 0 Å². The lowest BCUT2D eigenvalue weighted by Crippen LogP contribution is -2.17. The summed E-state index contributed by atoms with van der Waals surface area (Å²) in [5, 5.41) is 7.45. The average molecular weight is 296 g/mol. The Balaban J connectivity index is 2.91. The molecule has 1 atom stereocenters. The first-order chi connectivity index (χ1) is 9.62. The van der Waals surface area contributed by atoms with Crippen molar-refractivity contribution in [2.75, 3.05) is 30.0 Å². The van der Waals surface area contributed by atoms with Gasteiger partial charge in [0.05, 0.1) is 0 Å². The Bertz CT molecular complexity index is 409. The average Bonchev–Trinajstić information content (AvgIpc) is 2.45. The third-order valence-electron chi connectivity index (χ3n) is 3.17. The first kappa shape index (κ1) is 17.1. The Labute approximate surface area is 127 Å². The van der Waals surface area contributed by atoms with E-state index in [1.54, 1.807) is 0 Å². The second-order valence-electron chi connectivity index (χ2n) is 5.07. The van der Waals surface area contributed by atoms with Gasteiger partial charge in [-0.25, -0.2) is 9.97 Å². The number of thioether (sulfide) groups is 1. The molecule has 0 radical (unpaired) electrons.